The zero-order valence-corrected chi connectivity index (χ0v) is 20.7. The van der Waals surface area contributed by atoms with E-state index < -0.39 is 0 Å². The Balaban J connectivity index is 1.25. The lowest BCUT2D eigenvalue weighted by atomic mass is 9.48. The summed E-state index contributed by atoms with van der Waals surface area (Å²) in [6.07, 6.45) is 16.3. The number of ether oxygens (including phenoxy) is 1. The maximum atomic E-state index is 11.5. The molecule has 4 fully saturated rings. The van der Waals surface area contributed by atoms with Gasteiger partial charge in [0.25, 0.3) is 0 Å². The third kappa shape index (κ3) is 3.99. The molecule has 0 radical (unpaired) electrons. The Kier molecular flexibility index (Phi) is 6.28. The van der Waals surface area contributed by atoms with Crippen LogP contribution >= 0.6 is 0 Å². The van der Waals surface area contributed by atoms with Crippen molar-refractivity contribution in [3.8, 4) is 0 Å². The summed E-state index contributed by atoms with van der Waals surface area (Å²) >= 11 is 0. The van der Waals surface area contributed by atoms with Gasteiger partial charge < -0.3 is 9.64 Å². The van der Waals surface area contributed by atoms with Crippen LogP contribution in [0.4, 0.5) is 0 Å². The Morgan fingerprint density at radius 2 is 1.88 bits per heavy atom. The molecule has 0 aromatic carbocycles. The summed E-state index contributed by atoms with van der Waals surface area (Å²) < 4.78 is 5.60. The largest absolute Gasteiger partial charge is 0.462 e. The van der Waals surface area contributed by atoms with E-state index in [0.717, 1.165) is 37.1 Å². The molecule has 0 aromatic heterocycles. The van der Waals surface area contributed by atoms with Crippen LogP contribution in [0.1, 0.15) is 91.4 Å². The Morgan fingerprint density at radius 3 is 2.66 bits per heavy atom. The molecule has 0 amide bonds. The first kappa shape index (κ1) is 22.6. The highest BCUT2D eigenvalue weighted by Crippen LogP contribution is 2.64. The van der Waals surface area contributed by atoms with Crippen molar-refractivity contribution in [3.63, 3.8) is 0 Å². The smallest absolute Gasteiger partial charge is 0.302 e. The second kappa shape index (κ2) is 8.89. The van der Waals surface area contributed by atoms with Gasteiger partial charge in [0.1, 0.15) is 6.10 Å². The molecule has 1 aliphatic heterocycles. The van der Waals surface area contributed by atoms with Crippen LogP contribution in [0.5, 0.6) is 0 Å². The first-order valence-corrected chi connectivity index (χ1v) is 13.5. The maximum absolute atomic E-state index is 11.5. The van der Waals surface area contributed by atoms with E-state index in [1.165, 1.54) is 77.4 Å². The Morgan fingerprint density at radius 1 is 1.12 bits per heavy atom. The fourth-order valence-corrected chi connectivity index (χ4v) is 8.53. The third-order valence-electron chi connectivity index (χ3n) is 10.3. The van der Waals surface area contributed by atoms with Gasteiger partial charge in [0.05, 0.1) is 0 Å². The number of aliphatic imine (C=N–C) groups is 1. The van der Waals surface area contributed by atoms with Crippen molar-refractivity contribution in [1.29, 1.82) is 0 Å². The first-order chi connectivity index (χ1) is 15.4. The van der Waals surface area contributed by atoms with Crippen molar-refractivity contribution >= 4 is 11.7 Å². The molecule has 0 spiro atoms. The number of allylic oxidation sites excluding steroid dienone is 1. The van der Waals surface area contributed by atoms with Crippen LogP contribution in [-0.2, 0) is 9.53 Å². The number of rotatable bonds is 5. The molecule has 0 unspecified atom stereocenters. The van der Waals surface area contributed by atoms with E-state index >= 15 is 0 Å². The lowest BCUT2D eigenvalue weighted by molar-refractivity contribution is -0.148. The summed E-state index contributed by atoms with van der Waals surface area (Å²) in [4.78, 5) is 19.3. The summed E-state index contributed by atoms with van der Waals surface area (Å²) in [6.45, 7) is 11.5. The Bertz CT molecular complexity index is 782. The summed E-state index contributed by atoms with van der Waals surface area (Å²) in [5, 5.41) is 0. The molecule has 0 N–H and O–H groups in total. The zero-order valence-electron chi connectivity index (χ0n) is 20.7. The van der Waals surface area contributed by atoms with Crippen LogP contribution in [0.15, 0.2) is 16.6 Å². The fourth-order valence-electron chi connectivity index (χ4n) is 8.53. The molecule has 32 heavy (non-hydrogen) atoms. The predicted octanol–water partition coefficient (Wildman–Crippen LogP) is 5.81. The van der Waals surface area contributed by atoms with Crippen LogP contribution in [0, 0.1) is 28.6 Å². The van der Waals surface area contributed by atoms with Gasteiger partial charge in [0.2, 0.25) is 0 Å². The zero-order chi connectivity index (χ0) is 22.3. The summed E-state index contributed by atoms with van der Waals surface area (Å²) in [5.74, 6) is 2.29. The standard InChI is InChI=1S/C28H44N2O2/c1-20(31)32-22-11-13-27(2)21(19-22)7-8-23-24-9-10-26(28(24,3)14-12-25(23)27)29-15-6-18-30-16-4-5-17-30/h7,22-25H,4-6,8-19H2,1-3H3/t22-,23+,24+,25+,27+,28+/m1/s1. The normalized spacial score (nSPS) is 42.8. The van der Waals surface area contributed by atoms with Crippen molar-refractivity contribution in [2.24, 2.45) is 33.6 Å². The lowest BCUT2D eigenvalue weighted by Gasteiger charge is -2.57. The summed E-state index contributed by atoms with van der Waals surface area (Å²) in [5.41, 5.74) is 3.80. The minimum Gasteiger partial charge on any atom is -0.462 e. The molecule has 1 saturated heterocycles. The van der Waals surface area contributed by atoms with Crippen molar-refractivity contribution in [1.82, 2.24) is 4.90 Å². The number of nitrogens with zero attached hydrogens (tertiary/aromatic N) is 2. The number of likely N-dealkylation sites (tertiary alicyclic amines) is 1. The van der Waals surface area contributed by atoms with Gasteiger partial charge in [-0.15, -0.1) is 0 Å². The highest BCUT2D eigenvalue weighted by atomic mass is 16.5. The van der Waals surface area contributed by atoms with Gasteiger partial charge in [-0.05, 0) is 107 Å². The molecule has 0 bridgehead atoms. The van der Waals surface area contributed by atoms with Gasteiger partial charge in [0.15, 0.2) is 0 Å². The van der Waals surface area contributed by atoms with E-state index in [2.05, 4.69) is 24.8 Å². The molecule has 4 heteroatoms. The lowest BCUT2D eigenvalue weighted by Crippen LogP contribution is -2.50. The monoisotopic (exact) mass is 440 g/mol. The van der Waals surface area contributed by atoms with E-state index in [0.29, 0.717) is 10.8 Å². The number of hydrogen-bond acceptors (Lipinski definition) is 4. The van der Waals surface area contributed by atoms with Crippen LogP contribution in [-0.4, -0.2) is 48.9 Å². The average Bonchev–Trinajstić information content (AvgIpc) is 3.38. The second-order valence-electron chi connectivity index (χ2n) is 12.0. The van der Waals surface area contributed by atoms with E-state index in [1.807, 2.05) is 0 Å². The van der Waals surface area contributed by atoms with Crippen molar-refractivity contribution < 1.29 is 9.53 Å². The van der Waals surface area contributed by atoms with Crippen molar-refractivity contribution in [2.75, 3.05) is 26.2 Å². The highest BCUT2D eigenvalue weighted by molar-refractivity contribution is 5.92. The molecule has 3 saturated carbocycles. The fraction of sp³-hybridized carbons (Fsp3) is 0.857. The number of hydrogen-bond donors (Lipinski definition) is 0. The van der Waals surface area contributed by atoms with Crippen LogP contribution in [0.2, 0.25) is 0 Å². The third-order valence-corrected chi connectivity index (χ3v) is 10.3. The van der Waals surface area contributed by atoms with E-state index in [9.17, 15) is 4.79 Å². The van der Waals surface area contributed by atoms with Crippen LogP contribution in [0.3, 0.4) is 0 Å². The van der Waals surface area contributed by atoms with E-state index in [-0.39, 0.29) is 12.1 Å². The number of fused-ring (bicyclic) bond motifs is 5. The molecule has 178 valence electrons. The topological polar surface area (TPSA) is 41.9 Å². The van der Waals surface area contributed by atoms with Gasteiger partial charge >= 0.3 is 5.97 Å². The van der Waals surface area contributed by atoms with Gasteiger partial charge in [-0.1, -0.05) is 25.5 Å². The van der Waals surface area contributed by atoms with E-state index in [4.69, 9.17) is 9.73 Å². The molecule has 6 atom stereocenters. The van der Waals surface area contributed by atoms with Crippen molar-refractivity contribution in [2.45, 2.75) is 97.5 Å². The molecular weight excluding hydrogens is 396 g/mol. The minimum atomic E-state index is -0.125. The van der Waals surface area contributed by atoms with Gasteiger partial charge in [-0.3, -0.25) is 9.79 Å². The molecule has 4 aliphatic carbocycles. The number of esters is 1. The number of carbonyl (C=O) groups excluding carboxylic acids is 1. The summed E-state index contributed by atoms with van der Waals surface area (Å²) in [7, 11) is 0. The number of carbonyl (C=O) groups is 1. The molecule has 0 aromatic rings. The summed E-state index contributed by atoms with van der Waals surface area (Å²) in [6, 6.07) is 0. The quantitative estimate of drug-likeness (QED) is 0.308. The first-order valence-electron chi connectivity index (χ1n) is 13.5. The van der Waals surface area contributed by atoms with Crippen molar-refractivity contribution in [3.05, 3.63) is 11.6 Å². The minimum absolute atomic E-state index is 0.100. The molecule has 5 rings (SSSR count). The Hall–Kier alpha value is -1.16. The SMILES string of the molecule is CC(=O)O[C@@H]1CC[C@@]2(C)C(=CC[C@@H]3[C@@H]2CC[C@]2(C)C(=NCCCN4CCCC4)CC[C@@H]32)C1. The van der Waals surface area contributed by atoms with Crippen LogP contribution in [0.25, 0.3) is 0 Å². The molecule has 4 nitrogen and oxygen atoms in total. The van der Waals surface area contributed by atoms with Gasteiger partial charge in [-0.2, -0.15) is 0 Å². The Labute approximate surface area is 195 Å². The van der Waals surface area contributed by atoms with E-state index in [1.54, 1.807) is 18.2 Å². The molecule has 5 aliphatic rings. The second-order valence-corrected chi connectivity index (χ2v) is 12.0. The van der Waals surface area contributed by atoms with Gasteiger partial charge in [-0.25, -0.2) is 0 Å². The maximum Gasteiger partial charge on any atom is 0.302 e. The molecule has 1 heterocycles. The molecular formula is C28H44N2O2. The van der Waals surface area contributed by atoms with Gasteiger partial charge in [0, 0.05) is 31.0 Å². The predicted molar refractivity (Wildman–Crippen MR) is 130 cm³/mol. The van der Waals surface area contributed by atoms with Crippen LogP contribution < -0.4 is 0 Å². The highest BCUT2D eigenvalue weighted by Gasteiger charge is 2.57. The average molecular weight is 441 g/mol.